The fraction of sp³-hybridized carbons (Fsp3) is 0.0625. The molecule has 1 aromatic heterocycles. The van der Waals surface area contributed by atoms with Gasteiger partial charge in [-0.15, -0.1) is 0 Å². The van der Waals surface area contributed by atoms with E-state index in [1.807, 2.05) is 48.0 Å². The average molecular weight is 251 g/mol. The lowest BCUT2D eigenvalue weighted by atomic mass is 10.1. The van der Waals surface area contributed by atoms with Crippen molar-refractivity contribution in [2.45, 2.75) is 6.92 Å². The molecule has 19 heavy (non-hydrogen) atoms. The Balaban J connectivity index is 2.28. The summed E-state index contributed by atoms with van der Waals surface area (Å²) >= 11 is 0. The first kappa shape index (κ1) is 11.5. The van der Waals surface area contributed by atoms with E-state index in [9.17, 15) is 9.90 Å². The van der Waals surface area contributed by atoms with Crippen molar-refractivity contribution >= 4 is 16.9 Å². The molecule has 0 atom stereocenters. The van der Waals surface area contributed by atoms with E-state index in [1.54, 1.807) is 12.1 Å². The molecule has 3 nitrogen and oxygen atoms in total. The van der Waals surface area contributed by atoms with E-state index in [1.165, 1.54) is 5.56 Å². The van der Waals surface area contributed by atoms with Gasteiger partial charge in [-0.05, 0) is 37.3 Å². The zero-order chi connectivity index (χ0) is 13.4. The third kappa shape index (κ3) is 1.89. The zero-order valence-electron chi connectivity index (χ0n) is 10.5. The summed E-state index contributed by atoms with van der Waals surface area (Å²) in [5, 5.41) is 10.4. The molecule has 0 saturated carbocycles. The number of hydrogen-bond acceptors (Lipinski definition) is 1. The Morgan fingerprint density at radius 2 is 1.89 bits per heavy atom. The summed E-state index contributed by atoms with van der Waals surface area (Å²) in [6.45, 7) is 2.04. The van der Waals surface area contributed by atoms with Crippen LogP contribution in [0.5, 0.6) is 0 Å². The van der Waals surface area contributed by atoms with Crippen molar-refractivity contribution in [1.29, 1.82) is 0 Å². The Hall–Kier alpha value is -2.55. The molecule has 0 amide bonds. The highest BCUT2D eigenvalue weighted by Gasteiger charge is 2.12. The van der Waals surface area contributed by atoms with Crippen LogP contribution >= 0.6 is 0 Å². The molecule has 0 unspecified atom stereocenters. The van der Waals surface area contributed by atoms with Gasteiger partial charge >= 0.3 is 5.97 Å². The van der Waals surface area contributed by atoms with Crippen LogP contribution in [0.25, 0.3) is 16.6 Å². The quantitative estimate of drug-likeness (QED) is 0.755. The van der Waals surface area contributed by atoms with Gasteiger partial charge in [0.1, 0.15) is 0 Å². The number of aromatic carboxylic acids is 1. The van der Waals surface area contributed by atoms with Gasteiger partial charge in [0, 0.05) is 11.6 Å². The average Bonchev–Trinajstić information content (AvgIpc) is 2.81. The molecule has 94 valence electrons. The zero-order valence-corrected chi connectivity index (χ0v) is 10.5. The van der Waals surface area contributed by atoms with E-state index in [2.05, 4.69) is 6.07 Å². The number of rotatable bonds is 2. The summed E-state index contributed by atoms with van der Waals surface area (Å²) < 4.78 is 1.91. The number of carboxylic acid groups (broad SMARTS) is 1. The summed E-state index contributed by atoms with van der Waals surface area (Å²) in [6, 6.07) is 15.2. The van der Waals surface area contributed by atoms with Crippen LogP contribution < -0.4 is 0 Å². The molecule has 0 aliphatic carbocycles. The van der Waals surface area contributed by atoms with Crippen LogP contribution in [0.15, 0.2) is 54.7 Å². The van der Waals surface area contributed by atoms with Crippen molar-refractivity contribution in [1.82, 2.24) is 4.57 Å². The molecule has 3 rings (SSSR count). The second-order valence-corrected chi connectivity index (χ2v) is 4.57. The first-order valence-electron chi connectivity index (χ1n) is 6.07. The van der Waals surface area contributed by atoms with Crippen LogP contribution in [-0.2, 0) is 0 Å². The number of para-hydroxylation sites is 1. The van der Waals surface area contributed by atoms with E-state index in [0.717, 1.165) is 10.9 Å². The van der Waals surface area contributed by atoms with Crippen molar-refractivity contribution < 1.29 is 9.90 Å². The fourth-order valence-corrected chi connectivity index (χ4v) is 2.34. The Kier molecular flexibility index (Phi) is 2.60. The van der Waals surface area contributed by atoms with Gasteiger partial charge in [0.15, 0.2) is 0 Å². The highest BCUT2D eigenvalue weighted by Crippen LogP contribution is 2.23. The maximum atomic E-state index is 11.3. The minimum absolute atomic E-state index is 0.306. The number of aromatic nitrogens is 1. The Bertz CT molecular complexity index is 771. The van der Waals surface area contributed by atoms with Crippen LogP contribution in [0, 0.1) is 6.92 Å². The summed E-state index contributed by atoms with van der Waals surface area (Å²) in [6.07, 6.45) is 1.91. The summed E-state index contributed by atoms with van der Waals surface area (Å²) in [5.74, 6) is -0.912. The lowest BCUT2D eigenvalue weighted by Crippen LogP contribution is -2.04. The maximum absolute atomic E-state index is 11.3. The van der Waals surface area contributed by atoms with Gasteiger partial charge in [0.25, 0.3) is 0 Å². The number of benzene rings is 2. The first-order valence-corrected chi connectivity index (χ1v) is 6.07. The van der Waals surface area contributed by atoms with Gasteiger partial charge in [-0.2, -0.15) is 0 Å². The first-order chi connectivity index (χ1) is 9.16. The van der Waals surface area contributed by atoms with Crippen LogP contribution in [0.4, 0.5) is 0 Å². The lowest BCUT2D eigenvalue weighted by Gasteiger charge is -2.09. The van der Waals surface area contributed by atoms with Crippen molar-refractivity contribution in [3.05, 3.63) is 65.9 Å². The monoisotopic (exact) mass is 251 g/mol. The van der Waals surface area contributed by atoms with Gasteiger partial charge < -0.3 is 9.67 Å². The van der Waals surface area contributed by atoms with Gasteiger partial charge in [0.2, 0.25) is 0 Å². The smallest absolute Gasteiger partial charge is 0.337 e. The minimum atomic E-state index is -0.912. The number of hydrogen-bond donors (Lipinski definition) is 1. The summed E-state index contributed by atoms with van der Waals surface area (Å²) in [7, 11) is 0. The molecular formula is C16H13NO2. The van der Waals surface area contributed by atoms with E-state index in [4.69, 9.17) is 0 Å². The van der Waals surface area contributed by atoms with Crippen LogP contribution in [0.3, 0.4) is 0 Å². The number of carbonyl (C=O) groups is 1. The van der Waals surface area contributed by atoms with E-state index in [-0.39, 0.29) is 0 Å². The van der Waals surface area contributed by atoms with Crippen LogP contribution in [0.1, 0.15) is 15.9 Å². The molecule has 0 bridgehead atoms. The van der Waals surface area contributed by atoms with Crippen LogP contribution in [-0.4, -0.2) is 15.6 Å². The minimum Gasteiger partial charge on any atom is -0.478 e. The molecule has 1 N–H and O–H groups in total. The molecule has 0 fully saturated rings. The summed E-state index contributed by atoms with van der Waals surface area (Å²) in [4.78, 5) is 11.3. The fourth-order valence-electron chi connectivity index (χ4n) is 2.34. The van der Waals surface area contributed by atoms with E-state index >= 15 is 0 Å². The Morgan fingerprint density at radius 1 is 1.11 bits per heavy atom. The molecular weight excluding hydrogens is 238 g/mol. The van der Waals surface area contributed by atoms with Crippen molar-refractivity contribution in [3.8, 4) is 5.69 Å². The van der Waals surface area contributed by atoms with Crippen molar-refractivity contribution in [3.63, 3.8) is 0 Å². The topological polar surface area (TPSA) is 42.2 Å². The molecule has 2 aromatic carbocycles. The number of carboxylic acids is 1. The Labute approximate surface area is 110 Å². The molecule has 0 aliphatic heterocycles. The molecule has 0 saturated heterocycles. The van der Waals surface area contributed by atoms with E-state index < -0.39 is 5.97 Å². The maximum Gasteiger partial charge on any atom is 0.337 e. The van der Waals surface area contributed by atoms with Gasteiger partial charge in [-0.1, -0.05) is 23.8 Å². The van der Waals surface area contributed by atoms with Gasteiger partial charge in [-0.25, -0.2) is 4.79 Å². The SMILES string of the molecule is Cc1ccc2c(ccn2-c2ccccc2C(=O)O)c1. The molecule has 0 radical (unpaired) electrons. The second kappa shape index (κ2) is 4.28. The normalized spacial score (nSPS) is 10.8. The lowest BCUT2D eigenvalue weighted by molar-refractivity contribution is 0.0697. The largest absolute Gasteiger partial charge is 0.478 e. The standard InChI is InChI=1S/C16H13NO2/c1-11-6-7-14-12(10-11)8-9-17(14)15-5-3-2-4-13(15)16(18)19/h2-10H,1H3,(H,18,19). The van der Waals surface area contributed by atoms with Crippen LogP contribution in [0.2, 0.25) is 0 Å². The number of nitrogens with zero attached hydrogens (tertiary/aromatic N) is 1. The third-order valence-electron chi connectivity index (χ3n) is 3.24. The third-order valence-corrected chi connectivity index (χ3v) is 3.24. The van der Waals surface area contributed by atoms with Gasteiger partial charge in [0.05, 0.1) is 16.8 Å². The highest BCUT2D eigenvalue weighted by atomic mass is 16.4. The summed E-state index contributed by atoms with van der Waals surface area (Å²) in [5.41, 5.74) is 3.20. The molecule has 0 aliphatic rings. The molecule has 3 heteroatoms. The van der Waals surface area contributed by atoms with Crippen molar-refractivity contribution in [2.24, 2.45) is 0 Å². The van der Waals surface area contributed by atoms with Gasteiger partial charge in [-0.3, -0.25) is 0 Å². The van der Waals surface area contributed by atoms with Crippen molar-refractivity contribution in [2.75, 3.05) is 0 Å². The number of fused-ring (bicyclic) bond motifs is 1. The molecule has 1 heterocycles. The second-order valence-electron chi connectivity index (χ2n) is 4.57. The molecule has 0 spiro atoms. The van der Waals surface area contributed by atoms with E-state index in [0.29, 0.717) is 11.3 Å². The predicted molar refractivity (Wildman–Crippen MR) is 75.0 cm³/mol. The highest BCUT2D eigenvalue weighted by molar-refractivity contribution is 5.93. The number of aryl methyl sites for hydroxylation is 1. The Morgan fingerprint density at radius 3 is 2.68 bits per heavy atom. The molecule has 3 aromatic rings. The predicted octanol–water partition coefficient (Wildman–Crippen LogP) is 3.64.